The maximum atomic E-state index is 13.1. The third kappa shape index (κ3) is 7.28. The van der Waals surface area contributed by atoms with Crippen molar-refractivity contribution in [3.8, 4) is 0 Å². The monoisotopic (exact) mass is 566 g/mol. The highest BCUT2D eigenvalue weighted by molar-refractivity contribution is 7.92. The zero-order valence-corrected chi connectivity index (χ0v) is 22.2. The summed E-state index contributed by atoms with van der Waals surface area (Å²) in [5.74, 6) is -0.728. The molecule has 2 fully saturated rings. The van der Waals surface area contributed by atoms with Gasteiger partial charge in [-0.3, -0.25) is 25.2 Å². The van der Waals surface area contributed by atoms with Crippen molar-refractivity contribution >= 4 is 62.6 Å². The van der Waals surface area contributed by atoms with Crippen LogP contribution in [0, 0.1) is 0 Å². The molecule has 2 aliphatic heterocycles. The highest BCUT2D eigenvalue weighted by Gasteiger charge is 2.37. The Kier molecular flexibility index (Phi) is 8.79. The number of amides is 3. The molecule has 2 aromatic rings. The van der Waals surface area contributed by atoms with Gasteiger partial charge in [0.05, 0.1) is 10.9 Å². The molecule has 3 amide bonds. The van der Waals surface area contributed by atoms with Gasteiger partial charge in [0.1, 0.15) is 17.9 Å². The molecule has 37 heavy (non-hydrogen) atoms. The fraction of sp³-hybridized carbons (Fsp3) is 0.391. The molecule has 0 aromatic carbocycles. The topological polar surface area (TPSA) is 141 Å². The van der Waals surface area contributed by atoms with E-state index in [2.05, 4.69) is 20.6 Å². The molecule has 0 saturated carbocycles. The van der Waals surface area contributed by atoms with E-state index in [1.165, 1.54) is 27.2 Å². The van der Waals surface area contributed by atoms with Gasteiger partial charge in [-0.25, -0.2) is 13.4 Å². The van der Waals surface area contributed by atoms with Crippen LogP contribution in [0.15, 0.2) is 41.9 Å². The molecule has 14 heteroatoms. The summed E-state index contributed by atoms with van der Waals surface area (Å²) in [5, 5.41) is 0.999. The number of nitrogens with zero attached hydrogens (tertiary/aromatic N) is 3. The van der Waals surface area contributed by atoms with Gasteiger partial charge in [-0.2, -0.15) is 4.72 Å². The number of hydrogen-bond acceptors (Lipinski definition) is 8. The Morgan fingerprint density at radius 2 is 1.97 bits per heavy atom. The second-order valence-electron chi connectivity index (χ2n) is 8.64. The summed E-state index contributed by atoms with van der Waals surface area (Å²) in [5.41, 5.74) is 5.31. The molecule has 0 aliphatic carbocycles. The van der Waals surface area contributed by atoms with Gasteiger partial charge >= 0.3 is 0 Å². The highest BCUT2D eigenvalue weighted by atomic mass is 35.5. The first-order valence-corrected chi connectivity index (χ1v) is 14.5. The van der Waals surface area contributed by atoms with E-state index in [-0.39, 0.29) is 18.4 Å². The summed E-state index contributed by atoms with van der Waals surface area (Å²) in [4.78, 5) is 46.3. The van der Waals surface area contributed by atoms with Crippen LogP contribution in [0.3, 0.4) is 0 Å². The van der Waals surface area contributed by atoms with Crippen molar-refractivity contribution < 1.29 is 22.8 Å². The minimum absolute atomic E-state index is 0.224. The third-order valence-electron chi connectivity index (χ3n) is 6.02. The van der Waals surface area contributed by atoms with Crippen molar-refractivity contribution in [1.29, 1.82) is 0 Å². The van der Waals surface area contributed by atoms with Gasteiger partial charge in [0.25, 0.3) is 5.91 Å². The molecule has 0 bridgehead atoms. The van der Waals surface area contributed by atoms with E-state index in [9.17, 15) is 22.8 Å². The Bertz CT molecular complexity index is 1270. The van der Waals surface area contributed by atoms with Gasteiger partial charge in [0.15, 0.2) is 0 Å². The van der Waals surface area contributed by atoms with E-state index in [1.807, 2.05) is 0 Å². The van der Waals surface area contributed by atoms with E-state index in [4.69, 9.17) is 11.6 Å². The second kappa shape index (κ2) is 12.0. The summed E-state index contributed by atoms with van der Waals surface area (Å²) in [7, 11) is -3.89. The molecule has 11 nitrogen and oxygen atoms in total. The summed E-state index contributed by atoms with van der Waals surface area (Å²) in [6.07, 6.45) is 5.02. The van der Waals surface area contributed by atoms with Gasteiger partial charge in [-0.1, -0.05) is 17.7 Å². The molecule has 2 unspecified atom stereocenters. The lowest BCUT2D eigenvalue weighted by Gasteiger charge is -2.33. The minimum Gasteiger partial charge on any atom is -0.332 e. The number of anilines is 1. The van der Waals surface area contributed by atoms with Crippen LogP contribution < -0.4 is 15.6 Å². The number of nitrogens with one attached hydrogen (secondary N) is 3. The van der Waals surface area contributed by atoms with Crippen molar-refractivity contribution in [3.05, 3.63) is 51.2 Å². The van der Waals surface area contributed by atoms with Crippen LogP contribution in [0.5, 0.6) is 0 Å². The van der Waals surface area contributed by atoms with E-state index in [0.29, 0.717) is 53.8 Å². The maximum Gasteiger partial charge on any atom is 0.261 e. The molecule has 3 N–H and O–H groups in total. The molecular weight excluding hydrogens is 540 g/mol. The predicted molar refractivity (Wildman–Crippen MR) is 141 cm³/mol. The fourth-order valence-electron chi connectivity index (χ4n) is 4.26. The summed E-state index contributed by atoms with van der Waals surface area (Å²) < 4.78 is 28.0. The SMILES string of the molecule is O=C(NNc1ccccn1)C1CCCN1C(=O)CN1CCCC(NS(=O)(=O)/C=C/c2ccc(Cl)s2)C1=O. The average molecular weight is 567 g/mol. The quantitative estimate of drug-likeness (QED) is 0.393. The number of piperidine rings is 1. The first-order chi connectivity index (χ1) is 17.7. The number of hydrogen-bond donors (Lipinski definition) is 3. The standard InChI is InChI=1S/C23H27ClN6O5S2/c24-19-9-8-16(36-19)10-14-37(34,35)28-17-5-3-12-29(23(17)33)15-21(31)30-13-4-6-18(30)22(32)27-26-20-7-1-2-11-25-20/h1-2,7-11,14,17-18,28H,3-6,12-13,15H2,(H,25,26)(H,27,32)/b14-10+. The molecule has 198 valence electrons. The van der Waals surface area contributed by atoms with E-state index in [0.717, 1.165) is 5.41 Å². The summed E-state index contributed by atoms with van der Waals surface area (Å²) in [6.45, 7) is 0.506. The number of hydrazine groups is 1. The molecule has 2 aliphatic rings. The van der Waals surface area contributed by atoms with E-state index < -0.39 is 28.0 Å². The average Bonchev–Trinajstić information content (AvgIpc) is 3.54. The zero-order valence-electron chi connectivity index (χ0n) is 19.8. The van der Waals surface area contributed by atoms with Crippen LogP contribution in [0.1, 0.15) is 30.6 Å². The van der Waals surface area contributed by atoms with Gasteiger partial charge < -0.3 is 9.80 Å². The number of carbonyl (C=O) groups is 3. The molecule has 2 saturated heterocycles. The fourth-order valence-corrected chi connectivity index (χ4v) is 6.33. The first kappa shape index (κ1) is 27.0. The number of aromatic nitrogens is 1. The highest BCUT2D eigenvalue weighted by Crippen LogP contribution is 2.23. The Balaban J connectivity index is 1.32. The lowest BCUT2D eigenvalue weighted by molar-refractivity contribution is -0.145. The first-order valence-electron chi connectivity index (χ1n) is 11.7. The Morgan fingerprint density at radius 1 is 1.16 bits per heavy atom. The van der Waals surface area contributed by atoms with Crippen molar-refractivity contribution in [3.63, 3.8) is 0 Å². The summed E-state index contributed by atoms with van der Waals surface area (Å²) in [6, 6.07) is 6.93. The molecule has 4 heterocycles. The number of rotatable bonds is 9. The third-order valence-corrected chi connectivity index (χ3v) is 8.33. The van der Waals surface area contributed by atoms with Gasteiger partial charge in [0, 0.05) is 29.6 Å². The van der Waals surface area contributed by atoms with E-state index >= 15 is 0 Å². The Hall–Kier alpha value is -3.00. The van der Waals surface area contributed by atoms with Gasteiger partial charge in [-0.05, 0) is 56.0 Å². The number of carbonyl (C=O) groups excluding carboxylic acids is 3. The minimum atomic E-state index is -3.89. The molecule has 4 rings (SSSR count). The van der Waals surface area contributed by atoms with Crippen molar-refractivity contribution in [2.45, 2.75) is 37.8 Å². The molecule has 0 radical (unpaired) electrons. The number of thiophene rings is 1. The molecule has 0 spiro atoms. The number of halogens is 1. The van der Waals surface area contributed by atoms with Crippen LogP contribution in [0.4, 0.5) is 5.82 Å². The van der Waals surface area contributed by atoms with Crippen LogP contribution in [0.25, 0.3) is 6.08 Å². The Morgan fingerprint density at radius 3 is 2.70 bits per heavy atom. The normalized spacial score (nSPS) is 20.4. The largest absolute Gasteiger partial charge is 0.332 e. The van der Waals surface area contributed by atoms with Crippen LogP contribution in [0.2, 0.25) is 4.34 Å². The van der Waals surface area contributed by atoms with Crippen molar-refractivity contribution in [1.82, 2.24) is 24.9 Å². The zero-order chi connectivity index (χ0) is 26.4. The van der Waals surface area contributed by atoms with Gasteiger partial charge in [0.2, 0.25) is 21.8 Å². The number of sulfonamides is 1. The van der Waals surface area contributed by atoms with Crippen molar-refractivity contribution in [2.24, 2.45) is 0 Å². The molecule has 2 aromatic heterocycles. The number of likely N-dealkylation sites (tertiary alicyclic amines) is 2. The number of pyridine rings is 1. The van der Waals surface area contributed by atoms with Crippen molar-refractivity contribution in [2.75, 3.05) is 25.1 Å². The second-order valence-corrected chi connectivity index (χ2v) is 12.0. The van der Waals surface area contributed by atoms with Crippen LogP contribution in [-0.2, 0) is 24.4 Å². The van der Waals surface area contributed by atoms with Crippen LogP contribution in [-0.4, -0.2) is 72.6 Å². The lowest BCUT2D eigenvalue weighted by atomic mass is 10.1. The van der Waals surface area contributed by atoms with Crippen LogP contribution >= 0.6 is 22.9 Å². The maximum absolute atomic E-state index is 13.1. The smallest absolute Gasteiger partial charge is 0.261 e. The Labute approximate surface area is 223 Å². The summed E-state index contributed by atoms with van der Waals surface area (Å²) >= 11 is 7.10. The van der Waals surface area contributed by atoms with Gasteiger partial charge in [-0.15, -0.1) is 11.3 Å². The molecule has 2 atom stereocenters. The lowest BCUT2D eigenvalue weighted by Crippen LogP contribution is -2.55. The predicted octanol–water partition coefficient (Wildman–Crippen LogP) is 1.81. The van der Waals surface area contributed by atoms with E-state index in [1.54, 1.807) is 36.5 Å². The molecular formula is C23H27ClN6O5S2.